The molecule has 6 nitrogen and oxygen atoms in total. The van der Waals surface area contributed by atoms with Crippen LogP contribution >= 0.6 is 11.8 Å². The summed E-state index contributed by atoms with van der Waals surface area (Å²) in [6.45, 7) is 1.10. The first-order valence-corrected chi connectivity index (χ1v) is 10.4. The summed E-state index contributed by atoms with van der Waals surface area (Å²) in [4.78, 5) is 29.9. The summed E-state index contributed by atoms with van der Waals surface area (Å²) >= 11 is 1.18. The van der Waals surface area contributed by atoms with Crippen LogP contribution in [0.4, 0.5) is 10.1 Å². The molecule has 3 aromatic rings. The number of nitrogens with zero attached hydrogens (tertiary/aromatic N) is 2. The molecule has 4 rings (SSSR count). The molecular weight excluding hydrogens is 393 g/mol. The van der Waals surface area contributed by atoms with Gasteiger partial charge >= 0.3 is 0 Å². The second-order valence-electron chi connectivity index (χ2n) is 6.81. The number of carbonyl (C=O) groups is 1. The summed E-state index contributed by atoms with van der Waals surface area (Å²) in [5, 5.41) is 3.67. The number of halogens is 1. The number of nitrogens with one attached hydrogen (secondary N) is 1. The first-order valence-electron chi connectivity index (χ1n) is 9.39. The molecule has 0 aliphatic carbocycles. The van der Waals surface area contributed by atoms with E-state index in [1.807, 2.05) is 6.07 Å². The van der Waals surface area contributed by atoms with Crippen molar-refractivity contribution in [1.82, 2.24) is 9.55 Å². The molecule has 1 saturated heterocycles. The number of benzene rings is 2. The van der Waals surface area contributed by atoms with Gasteiger partial charge in [-0.3, -0.25) is 14.2 Å². The zero-order valence-corrected chi connectivity index (χ0v) is 16.5. The fourth-order valence-corrected chi connectivity index (χ4v) is 4.11. The van der Waals surface area contributed by atoms with Crippen LogP contribution in [0.2, 0.25) is 0 Å². The minimum atomic E-state index is -0.419. The lowest BCUT2D eigenvalue weighted by molar-refractivity contribution is -0.113. The van der Waals surface area contributed by atoms with Gasteiger partial charge in [0.1, 0.15) is 5.82 Å². The zero-order chi connectivity index (χ0) is 20.2. The van der Waals surface area contributed by atoms with E-state index in [1.165, 1.54) is 30.0 Å². The van der Waals surface area contributed by atoms with Crippen molar-refractivity contribution >= 4 is 34.3 Å². The number of aromatic nitrogens is 2. The van der Waals surface area contributed by atoms with E-state index in [1.54, 1.807) is 28.8 Å². The molecular formula is C21H20FN3O3S. The van der Waals surface area contributed by atoms with Gasteiger partial charge in [-0.25, -0.2) is 9.37 Å². The fourth-order valence-electron chi connectivity index (χ4n) is 3.30. The monoisotopic (exact) mass is 413 g/mol. The third kappa shape index (κ3) is 4.65. The number of amides is 1. The topological polar surface area (TPSA) is 73.2 Å². The molecule has 1 amide bonds. The van der Waals surface area contributed by atoms with Gasteiger partial charge < -0.3 is 10.1 Å². The Hall–Kier alpha value is -2.71. The number of ether oxygens (including phenoxy) is 1. The molecule has 1 aliphatic heterocycles. The summed E-state index contributed by atoms with van der Waals surface area (Å²) in [6.07, 6.45) is 1.83. The highest BCUT2D eigenvalue weighted by Crippen LogP contribution is 2.21. The van der Waals surface area contributed by atoms with Crippen molar-refractivity contribution in [3.8, 4) is 0 Å². The lowest BCUT2D eigenvalue weighted by Gasteiger charge is -2.16. The number of hydrogen-bond acceptors (Lipinski definition) is 5. The smallest absolute Gasteiger partial charge is 0.262 e. The number of anilines is 1. The van der Waals surface area contributed by atoms with Crippen LogP contribution in [0.5, 0.6) is 0 Å². The van der Waals surface area contributed by atoms with Gasteiger partial charge in [-0.2, -0.15) is 0 Å². The van der Waals surface area contributed by atoms with Crippen LogP contribution in [0.15, 0.2) is 58.5 Å². The van der Waals surface area contributed by atoms with Crippen molar-refractivity contribution in [3.63, 3.8) is 0 Å². The van der Waals surface area contributed by atoms with E-state index in [-0.39, 0.29) is 23.3 Å². The lowest BCUT2D eigenvalue weighted by Crippen LogP contribution is -2.29. The Morgan fingerprint density at radius 3 is 2.93 bits per heavy atom. The van der Waals surface area contributed by atoms with Crippen LogP contribution in [-0.2, 0) is 16.1 Å². The van der Waals surface area contributed by atoms with Crippen molar-refractivity contribution in [2.75, 3.05) is 17.7 Å². The van der Waals surface area contributed by atoms with Crippen LogP contribution in [0.1, 0.15) is 12.8 Å². The Morgan fingerprint density at radius 2 is 2.14 bits per heavy atom. The van der Waals surface area contributed by atoms with Crippen molar-refractivity contribution in [2.24, 2.45) is 0 Å². The predicted octanol–water partition coefficient (Wildman–Crippen LogP) is 3.45. The molecule has 1 aromatic heterocycles. The van der Waals surface area contributed by atoms with Crippen molar-refractivity contribution in [2.45, 2.75) is 30.6 Å². The summed E-state index contributed by atoms with van der Waals surface area (Å²) in [5.41, 5.74) is 0.840. The third-order valence-corrected chi connectivity index (χ3v) is 5.65. The van der Waals surface area contributed by atoms with Gasteiger partial charge in [0.2, 0.25) is 5.91 Å². The number of rotatable bonds is 6. The SMILES string of the molecule is O=C(CSc1nc2ccccc2c(=O)n1CC1CCCO1)Nc1cccc(F)c1. The molecule has 0 radical (unpaired) electrons. The molecule has 1 unspecified atom stereocenters. The van der Waals surface area contributed by atoms with E-state index in [0.717, 1.165) is 12.8 Å². The highest BCUT2D eigenvalue weighted by molar-refractivity contribution is 7.99. The maximum Gasteiger partial charge on any atom is 0.262 e. The Balaban J connectivity index is 1.56. The standard InChI is InChI=1S/C21H20FN3O3S/c22-14-5-3-6-15(11-14)23-19(26)13-29-21-24-18-9-2-1-8-17(18)20(27)25(21)12-16-7-4-10-28-16/h1-3,5-6,8-9,11,16H,4,7,10,12-13H2,(H,23,26). The fraction of sp³-hybridized carbons (Fsp3) is 0.286. The van der Waals surface area contributed by atoms with Gasteiger partial charge in [0.15, 0.2) is 5.16 Å². The van der Waals surface area contributed by atoms with Crippen LogP contribution in [-0.4, -0.2) is 33.9 Å². The first kappa shape index (κ1) is 19.6. The molecule has 150 valence electrons. The highest BCUT2D eigenvalue weighted by Gasteiger charge is 2.20. The Bertz CT molecular complexity index is 1100. The van der Waals surface area contributed by atoms with Crippen LogP contribution in [0, 0.1) is 5.82 Å². The minimum absolute atomic E-state index is 0.0314. The molecule has 2 aromatic carbocycles. The molecule has 29 heavy (non-hydrogen) atoms. The number of thioether (sulfide) groups is 1. The molecule has 1 aliphatic rings. The van der Waals surface area contributed by atoms with Crippen molar-refractivity contribution < 1.29 is 13.9 Å². The van der Waals surface area contributed by atoms with Gasteiger partial charge in [-0.1, -0.05) is 30.0 Å². The molecule has 1 fully saturated rings. The average molecular weight is 413 g/mol. The minimum Gasteiger partial charge on any atom is -0.376 e. The molecule has 1 atom stereocenters. The van der Waals surface area contributed by atoms with E-state index >= 15 is 0 Å². The van der Waals surface area contributed by atoms with E-state index in [2.05, 4.69) is 10.3 Å². The molecule has 8 heteroatoms. The lowest BCUT2D eigenvalue weighted by atomic mass is 10.2. The molecule has 0 spiro atoms. The number of para-hydroxylation sites is 1. The maximum absolute atomic E-state index is 13.3. The van der Waals surface area contributed by atoms with Gasteiger partial charge in [0, 0.05) is 12.3 Å². The normalized spacial score (nSPS) is 16.2. The number of hydrogen-bond donors (Lipinski definition) is 1. The van der Waals surface area contributed by atoms with E-state index in [9.17, 15) is 14.0 Å². The van der Waals surface area contributed by atoms with Gasteiger partial charge in [-0.15, -0.1) is 0 Å². The summed E-state index contributed by atoms with van der Waals surface area (Å²) in [7, 11) is 0. The number of carbonyl (C=O) groups excluding carboxylic acids is 1. The quantitative estimate of drug-likeness (QED) is 0.495. The van der Waals surface area contributed by atoms with Crippen LogP contribution < -0.4 is 10.9 Å². The summed E-state index contributed by atoms with van der Waals surface area (Å²) < 4.78 is 20.6. The molecule has 1 N–H and O–H groups in total. The third-order valence-electron chi connectivity index (χ3n) is 4.68. The zero-order valence-electron chi connectivity index (χ0n) is 15.6. The Kier molecular flexibility index (Phi) is 5.92. The predicted molar refractivity (Wildman–Crippen MR) is 111 cm³/mol. The van der Waals surface area contributed by atoms with E-state index in [0.29, 0.717) is 34.9 Å². The van der Waals surface area contributed by atoms with Crippen molar-refractivity contribution in [3.05, 3.63) is 64.7 Å². The highest BCUT2D eigenvalue weighted by atomic mass is 32.2. The Morgan fingerprint density at radius 1 is 1.28 bits per heavy atom. The van der Waals surface area contributed by atoms with E-state index < -0.39 is 5.82 Å². The first-order chi connectivity index (χ1) is 14.1. The second kappa shape index (κ2) is 8.75. The molecule has 2 heterocycles. The number of fused-ring (bicyclic) bond motifs is 1. The van der Waals surface area contributed by atoms with Crippen molar-refractivity contribution in [1.29, 1.82) is 0 Å². The van der Waals surface area contributed by atoms with Gasteiger partial charge in [-0.05, 0) is 43.2 Å². The molecule has 0 bridgehead atoms. The van der Waals surface area contributed by atoms with Gasteiger partial charge in [0.05, 0.1) is 29.3 Å². The second-order valence-corrected chi connectivity index (χ2v) is 7.75. The maximum atomic E-state index is 13.3. The summed E-state index contributed by atoms with van der Waals surface area (Å²) in [5.74, 6) is -0.670. The summed E-state index contributed by atoms with van der Waals surface area (Å²) in [6, 6.07) is 12.9. The van der Waals surface area contributed by atoms with Gasteiger partial charge in [0.25, 0.3) is 5.56 Å². The van der Waals surface area contributed by atoms with E-state index in [4.69, 9.17) is 4.74 Å². The average Bonchev–Trinajstić information content (AvgIpc) is 3.22. The Labute approximate surface area is 171 Å². The van der Waals surface area contributed by atoms with Crippen LogP contribution in [0.3, 0.4) is 0 Å². The molecule has 0 saturated carbocycles. The van der Waals surface area contributed by atoms with Crippen LogP contribution in [0.25, 0.3) is 10.9 Å². The largest absolute Gasteiger partial charge is 0.376 e.